The number of nitrogens with zero attached hydrogens (tertiary/aromatic N) is 3. The summed E-state index contributed by atoms with van der Waals surface area (Å²) in [5.74, 6) is 0.852. The van der Waals surface area contributed by atoms with Gasteiger partial charge >= 0.3 is 0 Å². The average molecular weight is 487 g/mol. The van der Waals surface area contributed by atoms with Gasteiger partial charge < -0.3 is 14.6 Å². The Morgan fingerprint density at radius 3 is 2.61 bits per heavy atom. The molecule has 1 aliphatic carbocycles. The number of benzene rings is 2. The molecule has 36 heavy (non-hydrogen) atoms. The number of ether oxygens (including phenoxy) is 1. The lowest BCUT2D eigenvalue weighted by Crippen LogP contribution is -2.90. The van der Waals surface area contributed by atoms with Crippen LogP contribution >= 0.6 is 0 Å². The van der Waals surface area contributed by atoms with E-state index in [0.717, 1.165) is 62.3 Å². The molecular formula is C29H33FN5O+. The van der Waals surface area contributed by atoms with Gasteiger partial charge in [0, 0.05) is 42.4 Å². The summed E-state index contributed by atoms with van der Waals surface area (Å²) in [7, 11) is 0. The summed E-state index contributed by atoms with van der Waals surface area (Å²) in [5, 5.41) is 5.91. The molecule has 3 N–H and O–H groups in total. The van der Waals surface area contributed by atoms with Gasteiger partial charge in [-0.05, 0) is 79.3 Å². The highest BCUT2D eigenvalue weighted by atomic mass is 19.1. The second kappa shape index (κ2) is 9.64. The third-order valence-corrected chi connectivity index (χ3v) is 7.58. The van der Waals surface area contributed by atoms with Gasteiger partial charge in [0.1, 0.15) is 11.5 Å². The molecule has 2 fully saturated rings. The Labute approximate surface area is 211 Å². The van der Waals surface area contributed by atoms with E-state index in [9.17, 15) is 4.39 Å². The Bertz CT molecular complexity index is 1320. The number of halogens is 1. The summed E-state index contributed by atoms with van der Waals surface area (Å²) in [6.45, 7) is 4.38. The van der Waals surface area contributed by atoms with Crippen molar-refractivity contribution in [3.05, 3.63) is 82.7 Å². The molecule has 3 heterocycles. The van der Waals surface area contributed by atoms with Crippen molar-refractivity contribution < 1.29 is 14.4 Å². The fourth-order valence-electron chi connectivity index (χ4n) is 5.52. The van der Waals surface area contributed by atoms with Crippen molar-refractivity contribution in [2.24, 2.45) is 4.99 Å². The summed E-state index contributed by atoms with van der Waals surface area (Å²) < 4.78 is 21.3. The van der Waals surface area contributed by atoms with Crippen LogP contribution in [-0.2, 0) is 17.6 Å². The minimum Gasteiger partial charge on any atom is -0.381 e. The Hall–Kier alpha value is -3.29. The van der Waals surface area contributed by atoms with Gasteiger partial charge in [0.05, 0.1) is 31.8 Å². The van der Waals surface area contributed by atoms with Crippen molar-refractivity contribution in [2.45, 2.75) is 51.1 Å². The lowest BCUT2D eigenvalue weighted by atomic mass is 9.82. The fourth-order valence-corrected chi connectivity index (χ4v) is 5.52. The zero-order valence-electron chi connectivity index (χ0n) is 20.8. The standard InChI is InChI=1S/C29H32FN5O/c1-20-18-35(19-32-20)27-11-4-21(25-9-10-26(25)27)17-22-3-2-14-31-28(22)34-29(12-15-36-16-13-29)33-24-7-5-23(30)6-8-24/h4-8,11,17-19,33H,2-3,9-10,12-16H2,1H3,(H,31,34)/p+1/b22-17+. The average Bonchev–Trinajstić information content (AvgIpc) is 3.29. The molecular weight excluding hydrogens is 453 g/mol. The molecule has 6 nitrogen and oxygen atoms in total. The van der Waals surface area contributed by atoms with E-state index in [2.05, 4.69) is 44.6 Å². The van der Waals surface area contributed by atoms with Crippen LogP contribution in [-0.4, -0.2) is 40.8 Å². The van der Waals surface area contributed by atoms with Gasteiger partial charge in [0.25, 0.3) is 0 Å². The van der Waals surface area contributed by atoms with Crippen LogP contribution < -0.4 is 10.6 Å². The third kappa shape index (κ3) is 4.61. The van der Waals surface area contributed by atoms with Crippen LogP contribution in [0.3, 0.4) is 0 Å². The summed E-state index contributed by atoms with van der Waals surface area (Å²) in [6, 6.07) is 11.0. The molecule has 1 aromatic heterocycles. The first-order valence-corrected chi connectivity index (χ1v) is 13.0. The van der Waals surface area contributed by atoms with Gasteiger partial charge in [-0.15, -0.1) is 0 Å². The molecule has 0 unspecified atom stereocenters. The van der Waals surface area contributed by atoms with Crippen LogP contribution in [0.1, 0.15) is 48.1 Å². The summed E-state index contributed by atoms with van der Waals surface area (Å²) >= 11 is 0. The van der Waals surface area contributed by atoms with Crippen LogP contribution in [0.2, 0.25) is 0 Å². The Morgan fingerprint density at radius 2 is 1.89 bits per heavy atom. The highest BCUT2D eigenvalue weighted by Crippen LogP contribution is 2.34. The molecule has 2 aliphatic heterocycles. The van der Waals surface area contributed by atoms with E-state index in [1.54, 1.807) is 12.1 Å². The van der Waals surface area contributed by atoms with Crippen molar-refractivity contribution >= 4 is 17.6 Å². The predicted molar refractivity (Wildman–Crippen MR) is 140 cm³/mol. The molecule has 0 radical (unpaired) electrons. The highest BCUT2D eigenvalue weighted by Gasteiger charge is 2.35. The van der Waals surface area contributed by atoms with E-state index in [-0.39, 0.29) is 5.82 Å². The third-order valence-electron chi connectivity index (χ3n) is 7.58. The van der Waals surface area contributed by atoms with E-state index < -0.39 is 5.66 Å². The molecule has 0 amide bonds. The monoisotopic (exact) mass is 486 g/mol. The number of aromatic nitrogens is 2. The maximum Gasteiger partial charge on any atom is 0.225 e. The molecule has 0 saturated carbocycles. The first-order chi connectivity index (χ1) is 17.6. The maximum atomic E-state index is 13.5. The van der Waals surface area contributed by atoms with Crippen LogP contribution in [0, 0.1) is 12.7 Å². The number of piperidine rings is 1. The van der Waals surface area contributed by atoms with Crippen molar-refractivity contribution in [3.8, 4) is 5.69 Å². The summed E-state index contributed by atoms with van der Waals surface area (Å²) in [5.41, 5.74) is 8.19. The van der Waals surface area contributed by atoms with E-state index in [1.807, 2.05) is 13.3 Å². The number of imidazole rings is 1. The zero-order chi connectivity index (χ0) is 24.5. The fraction of sp³-hybridized carbons (Fsp3) is 0.379. The number of quaternary nitrogens is 1. The Morgan fingerprint density at radius 1 is 1.08 bits per heavy atom. The number of aryl methyl sites for hydroxylation is 1. The van der Waals surface area contributed by atoms with Crippen LogP contribution in [0.5, 0.6) is 0 Å². The van der Waals surface area contributed by atoms with Crippen LogP contribution in [0.15, 0.2) is 59.5 Å². The number of hydrogen-bond acceptors (Lipinski definition) is 4. The van der Waals surface area contributed by atoms with Gasteiger partial charge in [0.2, 0.25) is 5.84 Å². The quantitative estimate of drug-likeness (QED) is 0.569. The van der Waals surface area contributed by atoms with Crippen molar-refractivity contribution in [2.75, 3.05) is 25.1 Å². The minimum atomic E-state index is -0.452. The van der Waals surface area contributed by atoms with Gasteiger partial charge in [-0.1, -0.05) is 6.07 Å². The zero-order valence-corrected chi connectivity index (χ0v) is 20.8. The number of aliphatic imine (C=N–C) groups is 1. The number of hydrogen-bond donors (Lipinski definition) is 2. The first-order valence-electron chi connectivity index (χ1n) is 13.0. The topological polar surface area (TPSA) is 68.0 Å². The van der Waals surface area contributed by atoms with E-state index in [4.69, 9.17) is 9.73 Å². The molecule has 7 heteroatoms. The molecule has 186 valence electrons. The lowest BCUT2D eigenvalue weighted by molar-refractivity contribution is -0.543. The molecule has 6 rings (SSSR count). The predicted octanol–water partition coefficient (Wildman–Crippen LogP) is 4.18. The number of nitrogens with one attached hydrogen (secondary N) is 1. The molecule has 0 bridgehead atoms. The minimum absolute atomic E-state index is 0.232. The van der Waals surface area contributed by atoms with Crippen molar-refractivity contribution in [3.63, 3.8) is 0 Å². The Kier molecular flexibility index (Phi) is 6.19. The molecule has 2 aromatic carbocycles. The molecule has 3 aliphatic rings. The molecule has 0 atom stereocenters. The SMILES string of the molecule is Cc1cn(-c2ccc(/C=C3\CCC[NH2+]\C3=N/C3(Nc4ccc(F)cc4)CCOCC3)c3c2CC3)cn1. The number of amidine groups is 1. The van der Waals surface area contributed by atoms with Gasteiger partial charge in [-0.3, -0.25) is 5.32 Å². The van der Waals surface area contributed by atoms with Gasteiger partial charge in [-0.2, -0.15) is 0 Å². The normalized spacial score (nSPS) is 21.3. The smallest absolute Gasteiger partial charge is 0.225 e. The van der Waals surface area contributed by atoms with Gasteiger partial charge in [-0.25, -0.2) is 14.4 Å². The second-order valence-corrected chi connectivity index (χ2v) is 10.1. The molecule has 2 saturated heterocycles. The molecule has 3 aromatic rings. The first kappa shape index (κ1) is 23.1. The van der Waals surface area contributed by atoms with Crippen molar-refractivity contribution in [1.82, 2.24) is 9.55 Å². The Balaban J connectivity index is 1.33. The van der Waals surface area contributed by atoms with E-state index >= 15 is 0 Å². The number of rotatable bonds is 5. The van der Waals surface area contributed by atoms with E-state index in [1.165, 1.54) is 40.1 Å². The maximum absolute atomic E-state index is 13.5. The van der Waals surface area contributed by atoms with Gasteiger partial charge in [0.15, 0.2) is 0 Å². The summed E-state index contributed by atoms with van der Waals surface area (Å²) in [4.78, 5) is 9.76. The van der Waals surface area contributed by atoms with Crippen LogP contribution in [0.25, 0.3) is 11.8 Å². The van der Waals surface area contributed by atoms with Crippen LogP contribution in [0.4, 0.5) is 10.1 Å². The lowest BCUT2D eigenvalue weighted by Gasteiger charge is -2.36. The largest absolute Gasteiger partial charge is 0.381 e. The van der Waals surface area contributed by atoms with Crippen molar-refractivity contribution in [1.29, 1.82) is 0 Å². The summed E-state index contributed by atoms with van der Waals surface area (Å²) in [6.07, 6.45) is 12.3. The number of nitrogens with two attached hydrogens (primary N) is 1. The second-order valence-electron chi connectivity index (χ2n) is 10.1. The molecule has 0 spiro atoms. The highest BCUT2D eigenvalue weighted by molar-refractivity contribution is 5.96. The van der Waals surface area contributed by atoms with E-state index in [0.29, 0.717) is 13.2 Å². The number of fused-ring (bicyclic) bond motifs is 1. The number of anilines is 1.